The third-order valence-corrected chi connectivity index (χ3v) is 5.73. The van der Waals surface area contributed by atoms with Gasteiger partial charge in [-0.1, -0.05) is 12.0 Å². The van der Waals surface area contributed by atoms with Crippen LogP contribution < -0.4 is 25.4 Å². The molecule has 37 heavy (non-hydrogen) atoms. The molecule has 192 valence electrons. The maximum atomic E-state index is 14.4. The molecule has 3 aromatic rings. The zero-order valence-corrected chi connectivity index (χ0v) is 21.0. The predicted molar refractivity (Wildman–Crippen MR) is 137 cm³/mol. The number of hydrogen-bond acceptors (Lipinski definition) is 6. The van der Waals surface area contributed by atoms with Crippen molar-refractivity contribution in [3.63, 3.8) is 0 Å². The number of rotatable bonds is 8. The Morgan fingerprint density at radius 2 is 2.11 bits per heavy atom. The molecule has 3 heterocycles. The number of methoxy groups -OCH3 is 1. The molecule has 0 saturated heterocycles. The average molecular weight is 506 g/mol. The van der Waals surface area contributed by atoms with Gasteiger partial charge in [-0.05, 0) is 44.9 Å². The lowest BCUT2D eigenvalue weighted by atomic mass is 10.0. The van der Waals surface area contributed by atoms with Gasteiger partial charge in [-0.3, -0.25) is 14.6 Å². The van der Waals surface area contributed by atoms with Crippen LogP contribution in [0.5, 0.6) is 11.5 Å². The minimum Gasteiger partial charge on any atom is -0.492 e. The number of H-pyrrole nitrogens is 1. The van der Waals surface area contributed by atoms with Crippen molar-refractivity contribution in [1.82, 2.24) is 20.6 Å². The van der Waals surface area contributed by atoms with Gasteiger partial charge in [0, 0.05) is 30.4 Å². The molecule has 0 bridgehead atoms. The van der Waals surface area contributed by atoms with Gasteiger partial charge in [0.1, 0.15) is 12.4 Å². The number of amides is 2. The minimum absolute atomic E-state index is 0.0264. The lowest BCUT2D eigenvalue weighted by Crippen LogP contribution is -2.47. The maximum absolute atomic E-state index is 14.4. The Morgan fingerprint density at radius 1 is 1.30 bits per heavy atom. The van der Waals surface area contributed by atoms with Gasteiger partial charge in [0.15, 0.2) is 11.6 Å². The van der Waals surface area contributed by atoms with Crippen molar-refractivity contribution in [3.8, 4) is 34.6 Å². The highest BCUT2D eigenvalue weighted by Crippen LogP contribution is 2.42. The Bertz CT molecular complexity index is 1400. The van der Waals surface area contributed by atoms with E-state index in [0.717, 1.165) is 5.69 Å². The lowest BCUT2D eigenvalue weighted by molar-refractivity contribution is -0.117. The standard InChI is InChI=1S/C27H28FN5O4/c1-5-7-21(34)33-27(2,3)15-37-20-14-29-12-10-16(20)23-24(22-18(31-23)11-13-30-26(22)35)32-19-9-6-8-17(28)25(19)36-4/h6,8-10,12,14,31-32H,11,13,15H2,1-4H3,(H,30,35)(H,33,34). The van der Waals surface area contributed by atoms with Crippen molar-refractivity contribution in [2.24, 2.45) is 0 Å². The fourth-order valence-electron chi connectivity index (χ4n) is 4.10. The number of aromatic nitrogens is 2. The highest BCUT2D eigenvalue weighted by Gasteiger charge is 2.29. The Hall–Kier alpha value is -4.52. The molecule has 2 amide bonds. The summed E-state index contributed by atoms with van der Waals surface area (Å²) in [5.41, 5.74) is 2.47. The van der Waals surface area contributed by atoms with Crippen molar-refractivity contribution < 1.29 is 23.5 Å². The van der Waals surface area contributed by atoms with Crippen LogP contribution in [-0.4, -0.2) is 47.6 Å². The van der Waals surface area contributed by atoms with E-state index in [4.69, 9.17) is 9.47 Å². The fraction of sp³-hybridized carbons (Fsp3) is 0.296. The number of benzene rings is 1. The number of hydrogen-bond donors (Lipinski definition) is 4. The van der Waals surface area contributed by atoms with Gasteiger partial charge >= 0.3 is 0 Å². The van der Waals surface area contributed by atoms with Crippen molar-refractivity contribution in [1.29, 1.82) is 0 Å². The first kappa shape index (κ1) is 25.6. The Balaban J connectivity index is 1.74. The number of aromatic amines is 1. The van der Waals surface area contributed by atoms with Crippen LogP contribution in [0, 0.1) is 17.7 Å². The molecular weight excluding hydrogens is 477 g/mol. The first-order valence-electron chi connectivity index (χ1n) is 11.7. The van der Waals surface area contributed by atoms with E-state index in [9.17, 15) is 14.0 Å². The first-order valence-corrected chi connectivity index (χ1v) is 11.7. The Morgan fingerprint density at radius 3 is 2.86 bits per heavy atom. The molecular formula is C27H28FN5O4. The second-order valence-corrected chi connectivity index (χ2v) is 9.05. The molecule has 1 aliphatic rings. The quantitative estimate of drug-likeness (QED) is 0.348. The first-order chi connectivity index (χ1) is 17.7. The van der Waals surface area contributed by atoms with Gasteiger partial charge < -0.3 is 30.4 Å². The molecule has 0 atom stereocenters. The van der Waals surface area contributed by atoms with Crippen molar-refractivity contribution in [3.05, 3.63) is 53.7 Å². The smallest absolute Gasteiger partial charge is 0.296 e. The van der Waals surface area contributed by atoms with Crippen LogP contribution in [0.1, 0.15) is 36.8 Å². The summed E-state index contributed by atoms with van der Waals surface area (Å²) in [5.74, 6) is 4.30. The molecule has 9 nitrogen and oxygen atoms in total. The molecule has 0 saturated carbocycles. The summed E-state index contributed by atoms with van der Waals surface area (Å²) in [4.78, 5) is 32.4. The zero-order valence-electron chi connectivity index (χ0n) is 21.0. The van der Waals surface area contributed by atoms with Gasteiger partial charge in [-0.25, -0.2) is 4.39 Å². The van der Waals surface area contributed by atoms with E-state index in [0.29, 0.717) is 46.9 Å². The van der Waals surface area contributed by atoms with Gasteiger partial charge in [0.25, 0.3) is 11.8 Å². The number of fused-ring (bicyclic) bond motifs is 1. The van der Waals surface area contributed by atoms with E-state index in [-0.39, 0.29) is 18.3 Å². The third-order valence-electron chi connectivity index (χ3n) is 5.73. The number of anilines is 2. The van der Waals surface area contributed by atoms with Gasteiger partial charge in [-0.2, -0.15) is 0 Å². The average Bonchev–Trinajstić information content (AvgIpc) is 3.22. The summed E-state index contributed by atoms with van der Waals surface area (Å²) in [5, 5.41) is 8.88. The maximum Gasteiger partial charge on any atom is 0.296 e. The Labute approximate surface area is 214 Å². The van der Waals surface area contributed by atoms with Crippen molar-refractivity contribution in [2.45, 2.75) is 32.7 Å². The summed E-state index contributed by atoms with van der Waals surface area (Å²) in [6.45, 7) is 5.84. The third kappa shape index (κ3) is 5.51. The van der Waals surface area contributed by atoms with Crippen LogP contribution in [0.3, 0.4) is 0 Å². The number of carbonyl (C=O) groups is 2. The minimum atomic E-state index is -0.723. The zero-order chi connectivity index (χ0) is 26.6. The van der Waals surface area contributed by atoms with E-state index in [1.54, 1.807) is 37.5 Å². The number of ether oxygens (including phenoxy) is 2. The van der Waals surface area contributed by atoms with E-state index < -0.39 is 17.3 Å². The van der Waals surface area contributed by atoms with Crippen LogP contribution in [0.4, 0.5) is 15.8 Å². The summed E-state index contributed by atoms with van der Waals surface area (Å²) in [6, 6.07) is 6.28. The van der Waals surface area contributed by atoms with E-state index >= 15 is 0 Å². The SMILES string of the molecule is CC#CC(=O)NC(C)(C)COc1cnccc1-c1[nH]c2c(c1Nc1cccc(F)c1OC)C(=O)NCC2. The molecule has 0 fully saturated rings. The summed E-state index contributed by atoms with van der Waals surface area (Å²) in [7, 11) is 1.38. The van der Waals surface area contributed by atoms with Gasteiger partial charge in [0.05, 0.1) is 41.5 Å². The monoisotopic (exact) mass is 505 g/mol. The van der Waals surface area contributed by atoms with Crippen molar-refractivity contribution >= 4 is 23.2 Å². The number of para-hydroxylation sites is 1. The van der Waals surface area contributed by atoms with Crippen LogP contribution in [0.15, 0.2) is 36.7 Å². The topological polar surface area (TPSA) is 117 Å². The predicted octanol–water partition coefficient (Wildman–Crippen LogP) is 3.55. The molecule has 0 radical (unpaired) electrons. The molecule has 1 aliphatic heterocycles. The molecule has 10 heteroatoms. The highest BCUT2D eigenvalue weighted by atomic mass is 19.1. The van der Waals surface area contributed by atoms with Crippen LogP contribution in [0.2, 0.25) is 0 Å². The summed E-state index contributed by atoms with van der Waals surface area (Å²) >= 11 is 0. The normalized spacial score (nSPS) is 12.5. The van der Waals surface area contributed by atoms with Crippen molar-refractivity contribution in [2.75, 3.05) is 25.6 Å². The number of pyridine rings is 1. The lowest BCUT2D eigenvalue weighted by Gasteiger charge is -2.25. The number of nitrogens with zero attached hydrogens (tertiary/aromatic N) is 1. The van der Waals surface area contributed by atoms with E-state index in [1.165, 1.54) is 13.2 Å². The second kappa shape index (κ2) is 10.6. The van der Waals surface area contributed by atoms with E-state index in [1.807, 2.05) is 13.8 Å². The van der Waals surface area contributed by atoms with Gasteiger partial charge in [0.2, 0.25) is 0 Å². The van der Waals surface area contributed by atoms with Crippen LogP contribution >= 0.6 is 0 Å². The molecule has 4 N–H and O–H groups in total. The largest absolute Gasteiger partial charge is 0.492 e. The number of halogens is 1. The van der Waals surface area contributed by atoms with Gasteiger partial charge in [-0.15, -0.1) is 0 Å². The Kier molecular flexibility index (Phi) is 7.34. The highest BCUT2D eigenvalue weighted by molar-refractivity contribution is 6.06. The molecule has 2 aromatic heterocycles. The molecule has 0 unspecified atom stereocenters. The number of nitrogens with one attached hydrogen (secondary N) is 4. The fourth-order valence-corrected chi connectivity index (χ4v) is 4.10. The molecule has 1 aromatic carbocycles. The second-order valence-electron chi connectivity index (χ2n) is 9.05. The number of carbonyl (C=O) groups excluding carboxylic acids is 2. The van der Waals surface area contributed by atoms with Crippen LogP contribution in [0.25, 0.3) is 11.3 Å². The van der Waals surface area contributed by atoms with Crippen LogP contribution in [-0.2, 0) is 11.2 Å². The van der Waals surface area contributed by atoms with E-state index in [2.05, 4.69) is 37.8 Å². The summed E-state index contributed by atoms with van der Waals surface area (Å²) in [6.07, 6.45) is 3.76. The molecule has 4 rings (SSSR count). The molecule has 0 aliphatic carbocycles. The summed E-state index contributed by atoms with van der Waals surface area (Å²) < 4.78 is 25.8. The molecule has 0 spiro atoms.